The van der Waals surface area contributed by atoms with Crippen LogP contribution in [0.15, 0.2) is 42.5 Å². The predicted molar refractivity (Wildman–Crippen MR) is 92.5 cm³/mol. The van der Waals surface area contributed by atoms with E-state index in [1.54, 1.807) is 12.1 Å². The third-order valence-corrected chi connectivity index (χ3v) is 5.63. The monoisotopic (exact) mass is 326 g/mol. The van der Waals surface area contributed by atoms with Gasteiger partial charge >= 0.3 is 5.97 Å². The van der Waals surface area contributed by atoms with E-state index in [1.165, 1.54) is 23.3 Å². The van der Waals surface area contributed by atoms with Gasteiger partial charge in [0.15, 0.2) is 5.78 Å². The Hall–Kier alpha value is -2.07. The average molecular weight is 326 g/mol. The van der Waals surface area contributed by atoms with E-state index < -0.39 is 5.97 Å². The lowest BCUT2D eigenvalue weighted by molar-refractivity contribution is 0.0697. The fourth-order valence-electron chi connectivity index (χ4n) is 2.93. The van der Waals surface area contributed by atoms with Crippen molar-refractivity contribution in [1.29, 1.82) is 0 Å². The molecule has 3 rings (SSSR count). The van der Waals surface area contributed by atoms with Crippen LogP contribution in [0.1, 0.15) is 51.3 Å². The smallest absolute Gasteiger partial charge is 0.335 e. The lowest BCUT2D eigenvalue weighted by atomic mass is 9.82. The normalized spacial score (nSPS) is 15.7. The first-order chi connectivity index (χ1) is 10.9. The highest BCUT2D eigenvalue weighted by Gasteiger charge is 2.28. The van der Waals surface area contributed by atoms with Crippen molar-refractivity contribution in [2.24, 2.45) is 0 Å². The SMILES string of the molecule is CC1(C)CSCc2ccc(C(=O)c3cccc(C(=O)O)c3)cc21. The Morgan fingerprint density at radius 2 is 1.74 bits per heavy atom. The molecule has 2 aromatic carbocycles. The van der Waals surface area contributed by atoms with Crippen LogP contribution in [0.25, 0.3) is 0 Å². The Kier molecular flexibility index (Phi) is 4.02. The largest absolute Gasteiger partial charge is 0.478 e. The first kappa shape index (κ1) is 15.8. The zero-order valence-electron chi connectivity index (χ0n) is 13.1. The summed E-state index contributed by atoms with van der Waals surface area (Å²) in [7, 11) is 0. The maximum Gasteiger partial charge on any atom is 0.335 e. The standard InChI is InChI=1S/C19H18O3S/c1-19(2)11-23-10-15-7-6-13(9-16(15)19)17(20)12-4-3-5-14(8-12)18(21)22/h3-9H,10-11H2,1-2H3,(H,21,22). The molecule has 4 heteroatoms. The number of hydrogen-bond donors (Lipinski definition) is 1. The zero-order chi connectivity index (χ0) is 16.6. The lowest BCUT2D eigenvalue weighted by Gasteiger charge is -2.32. The highest BCUT2D eigenvalue weighted by Crippen LogP contribution is 2.38. The molecule has 1 N–H and O–H groups in total. The Morgan fingerprint density at radius 1 is 1.04 bits per heavy atom. The molecule has 1 aliphatic heterocycles. The van der Waals surface area contributed by atoms with Crippen molar-refractivity contribution >= 4 is 23.5 Å². The van der Waals surface area contributed by atoms with Gasteiger partial charge in [-0.05, 0) is 34.7 Å². The van der Waals surface area contributed by atoms with E-state index in [4.69, 9.17) is 5.11 Å². The lowest BCUT2D eigenvalue weighted by Crippen LogP contribution is -2.26. The van der Waals surface area contributed by atoms with Gasteiger partial charge in [0.05, 0.1) is 5.56 Å². The van der Waals surface area contributed by atoms with Crippen molar-refractivity contribution in [2.45, 2.75) is 25.0 Å². The van der Waals surface area contributed by atoms with Crippen LogP contribution < -0.4 is 0 Å². The predicted octanol–water partition coefficient (Wildman–Crippen LogP) is 4.14. The quantitative estimate of drug-likeness (QED) is 0.861. The van der Waals surface area contributed by atoms with Crippen LogP contribution in [0.4, 0.5) is 0 Å². The molecular formula is C19H18O3S. The van der Waals surface area contributed by atoms with Crippen molar-refractivity contribution in [2.75, 3.05) is 5.75 Å². The van der Waals surface area contributed by atoms with Gasteiger partial charge in [-0.1, -0.05) is 38.1 Å². The summed E-state index contributed by atoms with van der Waals surface area (Å²) in [6.45, 7) is 4.38. The number of benzene rings is 2. The van der Waals surface area contributed by atoms with Gasteiger partial charge in [0.2, 0.25) is 0 Å². The molecule has 3 nitrogen and oxygen atoms in total. The van der Waals surface area contributed by atoms with Gasteiger partial charge in [-0.15, -0.1) is 0 Å². The summed E-state index contributed by atoms with van der Waals surface area (Å²) >= 11 is 1.91. The van der Waals surface area contributed by atoms with Crippen LogP contribution in [-0.2, 0) is 11.2 Å². The molecule has 0 radical (unpaired) electrons. The van der Waals surface area contributed by atoms with E-state index in [2.05, 4.69) is 13.8 Å². The Balaban J connectivity index is 2.01. The Labute approximate surface area is 139 Å². The number of rotatable bonds is 3. The third-order valence-electron chi connectivity index (χ3n) is 4.19. The van der Waals surface area contributed by atoms with Crippen molar-refractivity contribution in [3.63, 3.8) is 0 Å². The Bertz CT molecular complexity index is 793. The van der Waals surface area contributed by atoms with Crippen LogP contribution in [0.3, 0.4) is 0 Å². The summed E-state index contributed by atoms with van der Waals surface area (Å²) in [5.41, 5.74) is 3.69. The molecule has 0 bridgehead atoms. The van der Waals surface area contributed by atoms with Gasteiger partial charge < -0.3 is 5.11 Å². The summed E-state index contributed by atoms with van der Waals surface area (Å²) in [6, 6.07) is 12.0. The van der Waals surface area contributed by atoms with Gasteiger partial charge in [0.25, 0.3) is 0 Å². The number of carboxylic acids is 1. The molecule has 0 amide bonds. The second kappa shape index (κ2) is 5.85. The van der Waals surface area contributed by atoms with E-state index in [0.717, 1.165) is 11.5 Å². The molecule has 23 heavy (non-hydrogen) atoms. The minimum atomic E-state index is -1.02. The van der Waals surface area contributed by atoms with E-state index >= 15 is 0 Å². The molecule has 0 spiro atoms. The van der Waals surface area contributed by atoms with Gasteiger partial charge in [-0.3, -0.25) is 4.79 Å². The number of hydrogen-bond acceptors (Lipinski definition) is 3. The van der Waals surface area contributed by atoms with Crippen LogP contribution >= 0.6 is 11.8 Å². The molecule has 0 atom stereocenters. The first-order valence-electron chi connectivity index (χ1n) is 7.48. The summed E-state index contributed by atoms with van der Waals surface area (Å²) < 4.78 is 0. The molecule has 0 saturated carbocycles. The molecule has 0 saturated heterocycles. The maximum atomic E-state index is 12.7. The minimum Gasteiger partial charge on any atom is -0.478 e. The number of carbonyl (C=O) groups excluding carboxylic acids is 1. The molecule has 0 unspecified atom stereocenters. The summed E-state index contributed by atoms with van der Waals surface area (Å²) in [6.07, 6.45) is 0. The van der Waals surface area contributed by atoms with Crippen molar-refractivity contribution in [1.82, 2.24) is 0 Å². The minimum absolute atomic E-state index is 0.0391. The van der Waals surface area contributed by atoms with Crippen LogP contribution in [0, 0.1) is 0 Å². The molecule has 0 fully saturated rings. The van der Waals surface area contributed by atoms with Crippen molar-refractivity contribution in [3.05, 3.63) is 70.3 Å². The van der Waals surface area contributed by atoms with E-state index in [9.17, 15) is 9.59 Å². The molecule has 1 aliphatic rings. The molecule has 118 valence electrons. The maximum absolute atomic E-state index is 12.7. The van der Waals surface area contributed by atoms with Gasteiger partial charge in [0, 0.05) is 22.6 Å². The highest BCUT2D eigenvalue weighted by atomic mass is 32.2. The highest BCUT2D eigenvalue weighted by molar-refractivity contribution is 7.98. The molecule has 0 aromatic heterocycles. The molecule has 2 aromatic rings. The number of carbonyl (C=O) groups is 2. The third kappa shape index (κ3) is 3.04. The van der Waals surface area contributed by atoms with Crippen molar-refractivity contribution < 1.29 is 14.7 Å². The second-order valence-corrected chi connectivity index (χ2v) is 7.45. The number of fused-ring (bicyclic) bond motifs is 1. The van der Waals surface area contributed by atoms with E-state index in [0.29, 0.717) is 11.1 Å². The zero-order valence-corrected chi connectivity index (χ0v) is 13.9. The van der Waals surface area contributed by atoms with Gasteiger partial charge in [-0.2, -0.15) is 11.8 Å². The second-order valence-electron chi connectivity index (χ2n) is 6.46. The van der Waals surface area contributed by atoms with E-state index in [1.807, 2.05) is 30.0 Å². The fraction of sp³-hybridized carbons (Fsp3) is 0.263. The molecule has 0 aliphatic carbocycles. The fourth-order valence-corrected chi connectivity index (χ4v) is 4.17. The number of ketones is 1. The van der Waals surface area contributed by atoms with Crippen molar-refractivity contribution in [3.8, 4) is 0 Å². The van der Waals surface area contributed by atoms with Crippen LogP contribution in [-0.4, -0.2) is 22.6 Å². The summed E-state index contributed by atoms with van der Waals surface area (Å²) in [4.78, 5) is 23.8. The average Bonchev–Trinajstić information content (AvgIpc) is 2.54. The molecular weight excluding hydrogens is 308 g/mol. The summed E-state index contributed by atoms with van der Waals surface area (Å²) in [5.74, 6) is 0.849. The van der Waals surface area contributed by atoms with E-state index in [-0.39, 0.29) is 16.8 Å². The number of thioether (sulfide) groups is 1. The first-order valence-corrected chi connectivity index (χ1v) is 8.63. The molecule has 1 heterocycles. The number of carboxylic acid groups (broad SMARTS) is 1. The number of aromatic carboxylic acids is 1. The Morgan fingerprint density at radius 3 is 2.48 bits per heavy atom. The topological polar surface area (TPSA) is 54.4 Å². The van der Waals surface area contributed by atoms with Crippen LogP contribution in [0.2, 0.25) is 0 Å². The summed E-state index contributed by atoms with van der Waals surface area (Å²) in [5, 5.41) is 9.07. The van der Waals surface area contributed by atoms with Crippen LogP contribution in [0.5, 0.6) is 0 Å². The van der Waals surface area contributed by atoms with Gasteiger partial charge in [0.1, 0.15) is 0 Å². The van der Waals surface area contributed by atoms with Gasteiger partial charge in [-0.25, -0.2) is 4.79 Å².